The predicted molar refractivity (Wildman–Crippen MR) is 32.3 cm³/mol. The normalized spacial score (nSPS) is 7.62. The summed E-state index contributed by atoms with van der Waals surface area (Å²) in [6.07, 6.45) is 2.51. The summed E-state index contributed by atoms with van der Waals surface area (Å²) in [7, 11) is 0. The largest absolute Gasteiger partial charge is 0.412 e. The lowest BCUT2D eigenvalue weighted by Gasteiger charge is -1.86. The molecule has 0 aliphatic carbocycles. The van der Waals surface area contributed by atoms with Gasteiger partial charge in [-0.25, -0.2) is 0 Å². The average Bonchev–Trinajstić information content (AvgIpc) is 1.61. The SMILES string of the molecule is CCCCC(N)=O.O. The number of unbranched alkanes of at least 4 members (excludes halogenated alkanes) is 1. The second-order valence-corrected chi connectivity index (χ2v) is 1.57. The summed E-state index contributed by atoms with van der Waals surface area (Å²) in [5.41, 5.74) is 4.84. The molecule has 0 aromatic rings. The first-order valence-electron chi connectivity index (χ1n) is 2.55. The standard InChI is InChI=1S/C5H11NO.H2O/c1-2-3-4-5(6)7;/h2-4H2,1H3,(H2,6,7);1H2. The molecule has 8 heavy (non-hydrogen) atoms. The molecule has 0 rings (SSSR count). The van der Waals surface area contributed by atoms with E-state index in [0.29, 0.717) is 6.42 Å². The molecule has 0 heterocycles. The van der Waals surface area contributed by atoms with Crippen LogP contribution < -0.4 is 5.73 Å². The number of nitrogens with two attached hydrogens (primary N) is 1. The van der Waals surface area contributed by atoms with E-state index in [-0.39, 0.29) is 11.4 Å². The van der Waals surface area contributed by atoms with Crippen molar-refractivity contribution in [3.8, 4) is 0 Å². The zero-order chi connectivity index (χ0) is 5.70. The molecule has 0 fully saturated rings. The Kier molecular flexibility index (Phi) is 8.37. The molecule has 0 radical (unpaired) electrons. The van der Waals surface area contributed by atoms with Gasteiger partial charge in [-0.15, -0.1) is 0 Å². The number of primary amides is 1. The first kappa shape index (κ1) is 10.4. The zero-order valence-corrected chi connectivity index (χ0v) is 5.11. The lowest BCUT2D eigenvalue weighted by atomic mass is 10.2. The van der Waals surface area contributed by atoms with Crippen molar-refractivity contribution in [2.45, 2.75) is 26.2 Å². The fourth-order valence-electron chi connectivity index (χ4n) is 0.351. The third kappa shape index (κ3) is 9.06. The van der Waals surface area contributed by atoms with Crippen molar-refractivity contribution in [3.05, 3.63) is 0 Å². The second-order valence-electron chi connectivity index (χ2n) is 1.57. The monoisotopic (exact) mass is 119 g/mol. The highest BCUT2D eigenvalue weighted by Crippen LogP contribution is 1.89. The minimum atomic E-state index is -0.193. The van der Waals surface area contributed by atoms with Crippen molar-refractivity contribution in [2.24, 2.45) is 5.73 Å². The lowest BCUT2D eigenvalue weighted by Crippen LogP contribution is -2.09. The minimum Gasteiger partial charge on any atom is -0.412 e. The van der Waals surface area contributed by atoms with Crippen molar-refractivity contribution in [1.82, 2.24) is 0 Å². The van der Waals surface area contributed by atoms with Crippen molar-refractivity contribution < 1.29 is 10.3 Å². The molecule has 4 N–H and O–H groups in total. The Balaban J connectivity index is 0. The maximum absolute atomic E-state index is 9.98. The third-order valence-corrected chi connectivity index (χ3v) is 0.777. The van der Waals surface area contributed by atoms with Crippen LogP contribution in [-0.2, 0) is 4.79 Å². The molecule has 0 aromatic carbocycles. The molecule has 0 saturated heterocycles. The maximum Gasteiger partial charge on any atom is 0.217 e. The minimum absolute atomic E-state index is 0. The van der Waals surface area contributed by atoms with Crippen LogP contribution in [-0.4, -0.2) is 11.4 Å². The predicted octanol–water partition coefficient (Wildman–Crippen LogP) is -0.163. The second kappa shape index (κ2) is 6.43. The van der Waals surface area contributed by atoms with Gasteiger partial charge >= 0.3 is 0 Å². The molecular formula is C5H13NO2. The molecular weight excluding hydrogens is 106 g/mol. The Morgan fingerprint density at radius 3 is 2.25 bits per heavy atom. The Morgan fingerprint density at radius 2 is 2.12 bits per heavy atom. The molecule has 0 aliphatic heterocycles. The zero-order valence-electron chi connectivity index (χ0n) is 5.11. The molecule has 0 spiro atoms. The van der Waals surface area contributed by atoms with Crippen molar-refractivity contribution in [1.29, 1.82) is 0 Å². The van der Waals surface area contributed by atoms with Crippen molar-refractivity contribution >= 4 is 5.91 Å². The molecule has 0 unspecified atom stereocenters. The molecule has 3 nitrogen and oxygen atoms in total. The van der Waals surface area contributed by atoms with Gasteiger partial charge in [0.1, 0.15) is 0 Å². The number of carbonyl (C=O) groups excluding carboxylic acids is 1. The number of hydrogen-bond donors (Lipinski definition) is 1. The van der Waals surface area contributed by atoms with Gasteiger partial charge < -0.3 is 11.2 Å². The van der Waals surface area contributed by atoms with Gasteiger partial charge in [0.2, 0.25) is 5.91 Å². The highest BCUT2D eigenvalue weighted by atomic mass is 16.1. The fraction of sp³-hybridized carbons (Fsp3) is 0.800. The third-order valence-electron chi connectivity index (χ3n) is 0.777. The first-order valence-corrected chi connectivity index (χ1v) is 2.55. The fourth-order valence-corrected chi connectivity index (χ4v) is 0.351. The van der Waals surface area contributed by atoms with E-state index in [1.54, 1.807) is 0 Å². The van der Waals surface area contributed by atoms with Crippen LogP contribution >= 0.6 is 0 Å². The van der Waals surface area contributed by atoms with E-state index in [0.717, 1.165) is 12.8 Å². The van der Waals surface area contributed by atoms with Gasteiger partial charge in [0.25, 0.3) is 0 Å². The summed E-state index contributed by atoms with van der Waals surface area (Å²) in [6.45, 7) is 2.03. The van der Waals surface area contributed by atoms with Crippen LogP contribution in [0.15, 0.2) is 0 Å². The van der Waals surface area contributed by atoms with Crippen LogP contribution in [0.3, 0.4) is 0 Å². The summed E-state index contributed by atoms with van der Waals surface area (Å²) in [4.78, 5) is 9.98. The summed E-state index contributed by atoms with van der Waals surface area (Å²) < 4.78 is 0. The number of rotatable bonds is 3. The van der Waals surface area contributed by atoms with Gasteiger partial charge in [0, 0.05) is 6.42 Å². The topological polar surface area (TPSA) is 74.6 Å². The highest BCUT2D eigenvalue weighted by Gasteiger charge is 1.88. The molecule has 50 valence electrons. The molecule has 0 aliphatic rings. The Hall–Kier alpha value is -0.570. The van der Waals surface area contributed by atoms with Gasteiger partial charge in [0.15, 0.2) is 0 Å². The lowest BCUT2D eigenvalue weighted by molar-refractivity contribution is -0.118. The first-order chi connectivity index (χ1) is 3.27. The van der Waals surface area contributed by atoms with E-state index in [9.17, 15) is 4.79 Å². The van der Waals surface area contributed by atoms with E-state index in [1.165, 1.54) is 0 Å². The molecule has 0 atom stereocenters. The molecule has 0 saturated carbocycles. The van der Waals surface area contributed by atoms with Crippen LogP contribution in [0.25, 0.3) is 0 Å². The van der Waals surface area contributed by atoms with Crippen LogP contribution in [0.5, 0.6) is 0 Å². The van der Waals surface area contributed by atoms with Gasteiger partial charge in [0.05, 0.1) is 0 Å². The summed E-state index contributed by atoms with van der Waals surface area (Å²) in [5.74, 6) is -0.193. The van der Waals surface area contributed by atoms with Gasteiger partial charge in [-0.3, -0.25) is 4.79 Å². The summed E-state index contributed by atoms with van der Waals surface area (Å²) in [5, 5.41) is 0. The Bertz CT molecular complexity index is 63.4. The Labute approximate surface area is 49.2 Å². The maximum atomic E-state index is 9.98. The number of carbonyl (C=O) groups is 1. The highest BCUT2D eigenvalue weighted by molar-refractivity contribution is 5.73. The van der Waals surface area contributed by atoms with Gasteiger partial charge in [-0.2, -0.15) is 0 Å². The van der Waals surface area contributed by atoms with Crippen LogP contribution in [0.2, 0.25) is 0 Å². The molecule has 3 heteroatoms. The van der Waals surface area contributed by atoms with Crippen molar-refractivity contribution in [2.75, 3.05) is 0 Å². The quantitative estimate of drug-likeness (QED) is 0.550. The molecule has 0 aromatic heterocycles. The smallest absolute Gasteiger partial charge is 0.217 e. The molecule has 1 amide bonds. The number of hydrogen-bond acceptors (Lipinski definition) is 1. The van der Waals surface area contributed by atoms with E-state index < -0.39 is 0 Å². The van der Waals surface area contributed by atoms with Crippen LogP contribution in [0.4, 0.5) is 0 Å². The number of amides is 1. The average molecular weight is 119 g/mol. The van der Waals surface area contributed by atoms with Crippen molar-refractivity contribution in [3.63, 3.8) is 0 Å². The van der Waals surface area contributed by atoms with E-state index in [4.69, 9.17) is 5.73 Å². The van der Waals surface area contributed by atoms with Gasteiger partial charge in [-0.05, 0) is 6.42 Å². The van der Waals surface area contributed by atoms with Crippen LogP contribution in [0, 0.1) is 0 Å². The summed E-state index contributed by atoms with van der Waals surface area (Å²) >= 11 is 0. The van der Waals surface area contributed by atoms with E-state index >= 15 is 0 Å². The summed E-state index contributed by atoms with van der Waals surface area (Å²) in [6, 6.07) is 0. The van der Waals surface area contributed by atoms with Crippen LogP contribution in [0.1, 0.15) is 26.2 Å². The Morgan fingerprint density at radius 1 is 1.62 bits per heavy atom. The van der Waals surface area contributed by atoms with Gasteiger partial charge in [-0.1, -0.05) is 13.3 Å². The van der Waals surface area contributed by atoms with E-state index in [2.05, 4.69) is 0 Å². The molecule has 0 bridgehead atoms. The van der Waals surface area contributed by atoms with E-state index in [1.807, 2.05) is 6.92 Å².